The van der Waals surface area contributed by atoms with Gasteiger partial charge in [-0.1, -0.05) is 43.6 Å². The minimum Gasteiger partial charge on any atom is -0.352 e. The van der Waals surface area contributed by atoms with Crippen LogP contribution in [-0.2, 0) is 4.79 Å². The average molecular weight is 324 g/mol. The fourth-order valence-corrected chi connectivity index (χ4v) is 2.90. The molecule has 1 fully saturated rings. The van der Waals surface area contributed by atoms with Gasteiger partial charge in [-0.3, -0.25) is 9.69 Å². The molecule has 1 aliphatic heterocycles. The number of benzene rings is 1. The summed E-state index contributed by atoms with van der Waals surface area (Å²) in [7, 11) is 0. The summed E-state index contributed by atoms with van der Waals surface area (Å²) in [6.45, 7) is 9.25. The number of rotatable bonds is 5. The fourth-order valence-electron chi connectivity index (χ4n) is 2.64. The van der Waals surface area contributed by atoms with E-state index in [1.807, 2.05) is 31.2 Å². The molecule has 2 N–H and O–H groups in total. The third kappa shape index (κ3) is 4.45. The molecule has 0 bridgehead atoms. The van der Waals surface area contributed by atoms with Gasteiger partial charge in [0.1, 0.15) is 0 Å². The van der Waals surface area contributed by atoms with Crippen LogP contribution in [0, 0.1) is 5.92 Å². The third-order valence-corrected chi connectivity index (χ3v) is 4.70. The zero-order chi connectivity index (χ0) is 16.1. The molecule has 1 heterocycles. The number of hydrogen-bond acceptors (Lipinski definition) is 3. The first kappa shape index (κ1) is 17.3. The molecule has 0 saturated carbocycles. The van der Waals surface area contributed by atoms with Crippen LogP contribution in [0.25, 0.3) is 0 Å². The van der Waals surface area contributed by atoms with Crippen LogP contribution in [0.1, 0.15) is 32.4 Å². The Bertz CT molecular complexity index is 506. The maximum Gasteiger partial charge on any atom is 0.234 e. The van der Waals surface area contributed by atoms with E-state index in [-0.39, 0.29) is 18.0 Å². The van der Waals surface area contributed by atoms with Gasteiger partial charge >= 0.3 is 0 Å². The van der Waals surface area contributed by atoms with Crippen LogP contribution < -0.4 is 10.6 Å². The normalized spacial score (nSPS) is 20.9. The number of piperazine rings is 1. The lowest BCUT2D eigenvalue weighted by molar-refractivity contribution is -0.124. The summed E-state index contributed by atoms with van der Waals surface area (Å²) >= 11 is 6.33. The van der Waals surface area contributed by atoms with E-state index in [0.717, 1.165) is 30.2 Å². The van der Waals surface area contributed by atoms with Crippen molar-refractivity contribution >= 4 is 17.5 Å². The average Bonchev–Trinajstić information content (AvgIpc) is 2.48. The van der Waals surface area contributed by atoms with E-state index in [1.165, 1.54) is 0 Å². The Morgan fingerprint density at radius 1 is 1.41 bits per heavy atom. The number of carbonyl (C=O) groups excluding carboxylic acids is 1. The zero-order valence-corrected chi connectivity index (χ0v) is 14.4. The molecule has 5 heteroatoms. The van der Waals surface area contributed by atoms with Crippen LogP contribution in [0.5, 0.6) is 0 Å². The Hall–Kier alpha value is -1.10. The highest BCUT2D eigenvalue weighted by molar-refractivity contribution is 6.31. The Labute approximate surface area is 138 Å². The highest BCUT2D eigenvalue weighted by Gasteiger charge is 2.27. The highest BCUT2D eigenvalue weighted by Crippen LogP contribution is 2.28. The second-order valence-corrected chi connectivity index (χ2v) is 6.72. The molecule has 0 radical (unpaired) electrons. The summed E-state index contributed by atoms with van der Waals surface area (Å²) in [5.74, 6) is 0.520. The van der Waals surface area contributed by atoms with Crippen LogP contribution in [-0.4, -0.2) is 43.0 Å². The smallest absolute Gasteiger partial charge is 0.234 e. The summed E-state index contributed by atoms with van der Waals surface area (Å²) in [5, 5.41) is 7.23. The largest absolute Gasteiger partial charge is 0.352 e. The molecule has 0 aliphatic carbocycles. The van der Waals surface area contributed by atoms with Gasteiger partial charge in [0.25, 0.3) is 0 Å². The Morgan fingerprint density at radius 3 is 2.82 bits per heavy atom. The van der Waals surface area contributed by atoms with E-state index in [9.17, 15) is 4.79 Å². The molecule has 22 heavy (non-hydrogen) atoms. The lowest BCUT2D eigenvalue weighted by Crippen LogP contribution is -2.50. The third-order valence-electron chi connectivity index (χ3n) is 4.35. The summed E-state index contributed by atoms with van der Waals surface area (Å²) < 4.78 is 0. The molecule has 1 amide bonds. The Morgan fingerprint density at radius 2 is 2.14 bits per heavy atom. The van der Waals surface area contributed by atoms with E-state index < -0.39 is 0 Å². The maximum atomic E-state index is 12.3. The summed E-state index contributed by atoms with van der Waals surface area (Å²) in [4.78, 5) is 14.5. The van der Waals surface area contributed by atoms with E-state index in [0.29, 0.717) is 12.5 Å². The lowest BCUT2D eigenvalue weighted by Gasteiger charge is -2.36. The van der Waals surface area contributed by atoms with Crippen LogP contribution in [0.15, 0.2) is 24.3 Å². The predicted molar refractivity (Wildman–Crippen MR) is 91.1 cm³/mol. The number of nitrogens with zero attached hydrogens (tertiary/aromatic N) is 1. The highest BCUT2D eigenvalue weighted by atomic mass is 35.5. The van der Waals surface area contributed by atoms with Crippen molar-refractivity contribution < 1.29 is 4.79 Å². The molecule has 2 unspecified atom stereocenters. The molecule has 1 aliphatic rings. The second-order valence-electron chi connectivity index (χ2n) is 6.31. The van der Waals surface area contributed by atoms with E-state index in [1.54, 1.807) is 0 Å². The van der Waals surface area contributed by atoms with Crippen molar-refractivity contribution in [2.45, 2.75) is 32.9 Å². The molecule has 1 saturated heterocycles. The molecule has 0 spiro atoms. The van der Waals surface area contributed by atoms with Gasteiger partial charge in [-0.15, -0.1) is 0 Å². The van der Waals surface area contributed by atoms with Crippen LogP contribution >= 0.6 is 11.6 Å². The molecule has 2 rings (SSSR count). The molecule has 122 valence electrons. The van der Waals surface area contributed by atoms with Gasteiger partial charge in [0, 0.05) is 36.7 Å². The minimum atomic E-state index is 0.0835. The number of nitrogens with one attached hydrogen (secondary N) is 2. The van der Waals surface area contributed by atoms with Crippen molar-refractivity contribution in [2.24, 2.45) is 5.92 Å². The SMILES string of the molecule is CC(C)C(C)NC(=O)CN1CCNCC1c1ccccc1Cl. The van der Waals surface area contributed by atoms with Crippen molar-refractivity contribution in [1.82, 2.24) is 15.5 Å². The van der Waals surface area contributed by atoms with E-state index >= 15 is 0 Å². The van der Waals surface area contributed by atoms with Crippen molar-refractivity contribution in [3.8, 4) is 0 Å². The van der Waals surface area contributed by atoms with E-state index in [4.69, 9.17) is 11.6 Å². The monoisotopic (exact) mass is 323 g/mol. The molecule has 2 atom stereocenters. The summed E-state index contributed by atoms with van der Waals surface area (Å²) in [6.07, 6.45) is 0. The minimum absolute atomic E-state index is 0.0835. The summed E-state index contributed by atoms with van der Waals surface area (Å²) in [6, 6.07) is 8.21. The standard InChI is InChI=1S/C17H26ClN3O/c1-12(2)13(3)20-17(22)11-21-9-8-19-10-16(21)14-6-4-5-7-15(14)18/h4-7,12-13,16,19H,8-11H2,1-3H3,(H,20,22). The van der Waals surface area contributed by atoms with Crippen LogP contribution in [0.3, 0.4) is 0 Å². The number of halogens is 1. The van der Waals surface area contributed by atoms with Crippen molar-refractivity contribution in [3.05, 3.63) is 34.9 Å². The van der Waals surface area contributed by atoms with Gasteiger partial charge in [0.05, 0.1) is 6.54 Å². The van der Waals surface area contributed by atoms with Gasteiger partial charge in [0.2, 0.25) is 5.91 Å². The van der Waals surface area contributed by atoms with Gasteiger partial charge < -0.3 is 10.6 Å². The number of hydrogen-bond donors (Lipinski definition) is 2. The topological polar surface area (TPSA) is 44.4 Å². The first-order valence-electron chi connectivity index (χ1n) is 7.97. The Balaban J connectivity index is 2.04. The first-order chi connectivity index (χ1) is 10.5. The molecule has 4 nitrogen and oxygen atoms in total. The maximum absolute atomic E-state index is 12.3. The van der Waals surface area contributed by atoms with E-state index in [2.05, 4.69) is 29.4 Å². The predicted octanol–water partition coefficient (Wildman–Crippen LogP) is 2.45. The number of amides is 1. The summed E-state index contributed by atoms with van der Waals surface area (Å²) in [5.41, 5.74) is 1.08. The van der Waals surface area contributed by atoms with Gasteiger partial charge in [-0.05, 0) is 24.5 Å². The van der Waals surface area contributed by atoms with Gasteiger partial charge in [-0.25, -0.2) is 0 Å². The lowest BCUT2D eigenvalue weighted by atomic mass is 10.0. The first-order valence-corrected chi connectivity index (χ1v) is 8.35. The molecular formula is C17H26ClN3O. The van der Waals surface area contributed by atoms with Crippen molar-refractivity contribution in [2.75, 3.05) is 26.2 Å². The van der Waals surface area contributed by atoms with Gasteiger partial charge in [0.15, 0.2) is 0 Å². The fraction of sp³-hybridized carbons (Fsp3) is 0.588. The molecule has 1 aromatic rings. The quantitative estimate of drug-likeness (QED) is 0.875. The zero-order valence-electron chi connectivity index (χ0n) is 13.6. The molecule has 1 aromatic carbocycles. The van der Waals surface area contributed by atoms with Crippen molar-refractivity contribution in [1.29, 1.82) is 0 Å². The number of carbonyl (C=O) groups is 1. The molecule has 0 aromatic heterocycles. The van der Waals surface area contributed by atoms with Crippen LogP contribution in [0.2, 0.25) is 5.02 Å². The molecular weight excluding hydrogens is 298 g/mol. The van der Waals surface area contributed by atoms with Crippen LogP contribution in [0.4, 0.5) is 0 Å². The van der Waals surface area contributed by atoms with Gasteiger partial charge in [-0.2, -0.15) is 0 Å². The van der Waals surface area contributed by atoms with Crippen molar-refractivity contribution in [3.63, 3.8) is 0 Å². The second kappa shape index (κ2) is 7.95. The Kier molecular flexibility index (Phi) is 6.24.